The number of nitrogens with zero attached hydrogens (tertiary/aromatic N) is 6. The molecule has 0 saturated carbocycles. The van der Waals surface area contributed by atoms with E-state index >= 15 is 0 Å². The van der Waals surface area contributed by atoms with E-state index in [-0.39, 0.29) is 17.9 Å². The van der Waals surface area contributed by atoms with Crippen LogP contribution in [0.15, 0.2) is 5.16 Å². The van der Waals surface area contributed by atoms with E-state index in [0.717, 1.165) is 12.8 Å². The molecule has 9 nitrogen and oxygen atoms in total. The van der Waals surface area contributed by atoms with E-state index in [0.29, 0.717) is 50.1 Å². The van der Waals surface area contributed by atoms with Crippen LogP contribution in [0, 0.1) is 0 Å². The van der Waals surface area contributed by atoms with Crippen molar-refractivity contribution in [1.82, 2.24) is 30.0 Å². The number of amides is 2. The summed E-state index contributed by atoms with van der Waals surface area (Å²) in [5.41, 5.74) is 0. The summed E-state index contributed by atoms with van der Waals surface area (Å²) in [6, 6.07) is 0. The highest BCUT2D eigenvalue weighted by atomic mass is 32.2. The lowest BCUT2D eigenvalue weighted by Crippen LogP contribution is -2.52. The molecule has 0 N–H and O–H groups in total. The van der Waals surface area contributed by atoms with Crippen LogP contribution in [0.5, 0.6) is 0 Å². The van der Waals surface area contributed by atoms with Gasteiger partial charge in [0.1, 0.15) is 6.10 Å². The van der Waals surface area contributed by atoms with Crippen LogP contribution in [-0.4, -0.2) is 86.5 Å². The standard InChI is InChI=1S/C14H22N6O3S/c1-18-14(15-16-17-18)24-10-4-12(21)19-5-7-20(8-6-19)13(22)11-3-2-9-23-11/h11H,2-10H2,1H3. The largest absolute Gasteiger partial charge is 0.368 e. The number of tetrazole rings is 1. The van der Waals surface area contributed by atoms with Gasteiger partial charge in [-0.25, -0.2) is 4.68 Å². The van der Waals surface area contributed by atoms with Gasteiger partial charge >= 0.3 is 0 Å². The van der Waals surface area contributed by atoms with Crippen molar-refractivity contribution in [2.45, 2.75) is 30.5 Å². The summed E-state index contributed by atoms with van der Waals surface area (Å²) in [4.78, 5) is 28.2. The smallest absolute Gasteiger partial charge is 0.251 e. The van der Waals surface area contributed by atoms with Gasteiger partial charge in [0.25, 0.3) is 5.91 Å². The third-order valence-electron chi connectivity index (χ3n) is 4.28. The topological polar surface area (TPSA) is 93.5 Å². The summed E-state index contributed by atoms with van der Waals surface area (Å²) in [6.45, 7) is 3.03. The second kappa shape index (κ2) is 7.93. The Hall–Kier alpha value is -1.68. The fraction of sp³-hybridized carbons (Fsp3) is 0.786. The molecule has 1 atom stereocenters. The second-order valence-corrected chi connectivity index (χ2v) is 6.95. The maximum atomic E-state index is 12.3. The Bertz CT molecular complexity index is 581. The van der Waals surface area contributed by atoms with Gasteiger partial charge in [-0.3, -0.25) is 9.59 Å². The highest BCUT2D eigenvalue weighted by Crippen LogP contribution is 2.17. The van der Waals surface area contributed by atoms with Gasteiger partial charge in [0.15, 0.2) is 0 Å². The van der Waals surface area contributed by atoms with Crippen molar-refractivity contribution in [2.24, 2.45) is 7.05 Å². The first-order chi connectivity index (χ1) is 11.6. The van der Waals surface area contributed by atoms with E-state index in [4.69, 9.17) is 4.74 Å². The van der Waals surface area contributed by atoms with Crippen LogP contribution in [-0.2, 0) is 21.4 Å². The van der Waals surface area contributed by atoms with Gasteiger partial charge in [0.05, 0.1) is 0 Å². The van der Waals surface area contributed by atoms with Gasteiger partial charge in [-0.2, -0.15) is 0 Å². The van der Waals surface area contributed by atoms with Crippen molar-refractivity contribution in [3.05, 3.63) is 0 Å². The zero-order chi connectivity index (χ0) is 16.9. The minimum atomic E-state index is -0.274. The second-order valence-electron chi connectivity index (χ2n) is 5.89. The maximum absolute atomic E-state index is 12.3. The SMILES string of the molecule is Cn1nnnc1SCCC(=O)N1CCN(C(=O)C2CCCO2)CC1. The number of ether oxygens (including phenoxy) is 1. The Morgan fingerprint density at radius 1 is 1.25 bits per heavy atom. The van der Waals surface area contributed by atoms with Crippen LogP contribution in [0.3, 0.4) is 0 Å². The molecular weight excluding hydrogens is 332 g/mol. The first-order valence-corrected chi connectivity index (χ1v) is 9.17. The molecule has 132 valence electrons. The van der Waals surface area contributed by atoms with Gasteiger partial charge in [0, 0.05) is 52.0 Å². The first-order valence-electron chi connectivity index (χ1n) is 8.18. The lowest BCUT2D eigenvalue weighted by atomic mass is 10.2. The third kappa shape index (κ3) is 4.04. The molecule has 0 aromatic carbocycles. The van der Waals surface area contributed by atoms with Gasteiger partial charge < -0.3 is 14.5 Å². The number of rotatable bonds is 5. The van der Waals surface area contributed by atoms with Gasteiger partial charge in [-0.15, -0.1) is 5.10 Å². The molecule has 10 heteroatoms. The van der Waals surface area contributed by atoms with Crippen molar-refractivity contribution >= 4 is 23.6 Å². The molecule has 0 bridgehead atoms. The molecule has 2 aliphatic rings. The molecule has 1 unspecified atom stereocenters. The number of piperazine rings is 1. The number of hydrogen-bond donors (Lipinski definition) is 0. The van der Waals surface area contributed by atoms with Crippen LogP contribution in [0.25, 0.3) is 0 Å². The number of carbonyl (C=O) groups excluding carboxylic acids is 2. The van der Waals surface area contributed by atoms with Crippen molar-refractivity contribution in [2.75, 3.05) is 38.5 Å². The van der Waals surface area contributed by atoms with Crippen LogP contribution in [0.1, 0.15) is 19.3 Å². The molecule has 0 aliphatic carbocycles. The number of aryl methyl sites for hydroxylation is 1. The van der Waals surface area contributed by atoms with E-state index in [1.807, 2.05) is 9.80 Å². The minimum absolute atomic E-state index is 0.0740. The van der Waals surface area contributed by atoms with Crippen LogP contribution in [0.4, 0.5) is 0 Å². The quantitative estimate of drug-likeness (QED) is 0.661. The van der Waals surface area contributed by atoms with Crippen molar-refractivity contribution in [3.63, 3.8) is 0 Å². The molecule has 2 amide bonds. The van der Waals surface area contributed by atoms with Crippen LogP contribution >= 0.6 is 11.8 Å². The highest BCUT2D eigenvalue weighted by Gasteiger charge is 2.31. The molecule has 3 heterocycles. The van der Waals surface area contributed by atoms with E-state index in [2.05, 4.69) is 15.5 Å². The Morgan fingerprint density at radius 3 is 2.62 bits per heavy atom. The Morgan fingerprint density at radius 2 is 2.00 bits per heavy atom. The minimum Gasteiger partial charge on any atom is -0.368 e. The molecular formula is C14H22N6O3S. The molecule has 24 heavy (non-hydrogen) atoms. The fourth-order valence-corrected chi connectivity index (χ4v) is 3.66. The molecule has 2 aliphatic heterocycles. The predicted molar refractivity (Wildman–Crippen MR) is 86.3 cm³/mol. The third-order valence-corrected chi connectivity index (χ3v) is 5.29. The van der Waals surface area contributed by atoms with Crippen molar-refractivity contribution in [3.8, 4) is 0 Å². The number of hydrogen-bond acceptors (Lipinski definition) is 7. The van der Waals surface area contributed by atoms with Gasteiger partial charge in [0.2, 0.25) is 11.1 Å². The molecule has 0 spiro atoms. The average molecular weight is 354 g/mol. The molecule has 2 fully saturated rings. The predicted octanol–water partition coefficient (Wildman–Crippen LogP) is -0.458. The van der Waals surface area contributed by atoms with Crippen LogP contribution in [0.2, 0.25) is 0 Å². The van der Waals surface area contributed by atoms with Crippen molar-refractivity contribution in [1.29, 1.82) is 0 Å². The van der Waals surface area contributed by atoms with E-state index in [9.17, 15) is 9.59 Å². The van der Waals surface area contributed by atoms with Crippen LogP contribution < -0.4 is 0 Å². The Kier molecular flexibility index (Phi) is 5.67. The fourth-order valence-electron chi connectivity index (χ4n) is 2.88. The molecule has 2 saturated heterocycles. The molecule has 3 rings (SSSR count). The van der Waals surface area contributed by atoms with Gasteiger partial charge in [-0.1, -0.05) is 11.8 Å². The molecule has 1 aromatic rings. The Labute approximate surface area is 144 Å². The molecule has 1 aromatic heterocycles. The summed E-state index contributed by atoms with van der Waals surface area (Å²) in [6.07, 6.45) is 1.93. The Balaban J connectivity index is 1.38. The number of carbonyl (C=O) groups is 2. The average Bonchev–Trinajstić information content (AvgIpc) is 3.26. The summed E-state index contributed by atoms with van der Waals surface area (Å²) in [5, 5.41) is 11.9. The summed E-state index contributed by atoms with van der Waals surface area (Å²) >= 11 is 1.47. The first kappa shape index (κ1) is 17.2. The van der Waals surface area contributed by atoms with E-state index in [1.165, 1.54) is 11.8 Å². The van der Waals surface area contributed by atoms with E-state index < -0.39 is 0 Å². The highest BCUT2D eigenvalue weighted by molar-refractivity contribution is 7.99. The number of thioether (sulfide) groups is 1. The zero-order valence-electron chi connectivity index (χ0n) is 13.8. The lowest BCUT2D eigenvalue weighted by molar-refractivity contribution is -0.145. The normalized spacial score (nSPS) is 21.3. The molecule has 0 radical (unpaired) electrons. The monoisotopic (exact) mass is 354 g/mol. The van der Waals surface area contributed by atoms with Gasteiger partial charge in [-0.05, 0) is 23.3 Å². The van der Waals surface area contributed by atoms with E-state index in [1.54, 1.807) is 11.7 Å². The number of aromatic nitrogens is 4. The summed E-state index contributed by atoms with van der Waals surface area (Å²) in [5.74, 6) is 0.828. The van der Waals surface area contributed by atoms with Crippen molar-refractivity contribution < 1.29 is 14.3 Å². The zero-order valence-corrected chi connectivity index (χ0v) is 14.6. The maximum Gasteiger partial charge on any atom is 0.251 e. The lowest BCUT2D eigenvalue weighted by Gasteiger charge is -2.35. The summed E-state index contributed by atoms with van der Waals surface area (Å²) < 4.78 is 7.04. The summed E-state index contributed by atoms with van der Waals surface area (Å²) in [7, 11) is 1.77.